The zero-order valence-corrected chi connectivity index (χ0v) is 22.9. The minimum absolute atomic E-state index is 0. The average molecular weight is 523 g/mol. The van der Waals surface area contributed by atoms with Crippen LogP contribution in [0, 0.1) is 24.2 Å². The van der Waals surface area contributed by atoms with Crippen molar-refractivity contribution < 1.29 is 24.5 Å². The van der Waals surface area contributed by atoms with E-state index in [2.05, 4.69) is 17.2 Å². The number of ketones is 1. The number of carbonyl (C=O) groups is 2. The van der Waals surface area contributed by atoms with Crippen molar-refractivity contribution in [3.8, 4) is 0 Å². The lowest BCUT2D eigenvalue weighted by Gasteiger charge is -2.34. The van der Waals surface area contributed by atoms with Crippen LogP contribution in [0.25, 0.3) is 6.08 Å². The number of nitrogens with one attached hydrogen (secondary N) is 1. The van der Waals surface area contributed by atoms with Gasteiger partial charge in [0.2, 0.25) is 5.91 Å². The largest absolute Gasteiger partial charge is 0.392 e. The van der Waals surface area contributed by atoms with Crippen LogP contribution in [0.5, 0.6) is 0 Å². The first-order valence-electron chi connectivity index (χ1n) is 12.7. The Morgan fingerprint density at radius 1 is 1.25 bits per heavy atom. The summed E-state index contributed by atoms with van der Waals surface area (Å²) in [5.41, 5.74) is 0.410. The molecule has 3 N–H and O–H groups in total. The second-order valence-corrected chi connectivity index (χ2v) is 12.5. The smallest absolute Gasteiger partial charge is 0.223 e. The van der Waals surface area contributed by atoms with Gasteiger partial charge in [-0.1, -0.05) is 41.5 Å². The van der Waals surface area contributed by atoms with E-state index in [0.717, 1.165) is 35.5 Å². The fraction of sp³-hybridized carbons (Fsp3) is 0.750. The molecular weight excluding hydrogens is 476 g/mol. The van der Waals surface area contributed by atoms with Gasteiger partial charge in [-0.3, -0.25) is 9.59 Å². The van der Waals surface area contributed by atoms with Crippen LogP contribution in [0.3, 0.4) is 0 Å². The Labute approximate surface area is 220 Å². The van der Waals surface area contributed by atoms with Gasteiger partial charge >= 0.3 is 0 Å². The van der Waals surface area contributed by atoms with Crippen molar-refractivity contribution in [2.24, 2.45) is 17.3 Å². The Hall–Kier alpha value is -1.61. The van der Waals surface area contributed by atoms with E-state index in [1.165, 1.54) is 0 Å². The molecule has 0 bridgehead atoms. The molecule has 0 radical (unpaired) electrons. The van der Waals surface area contributed by atoms with Crippen molar-refractivity contribution in [2.45, 2.75) is 118 Å². The average Bonchev–Trinajstić information content (AvgIpc) is 3.22. The molecular formula is C28H46N2O5S. The number of fused-ring (bicyclic) bond motifs is 1. The highest BCUT2D eigenvalue weighted by atomic mass is 32.1. The number of aliphatic hydroxyl groups excluding tert-OH is 2. The lowest BCUT2D eigenvalue weighted by Crippen LogP contribution is -2.47. The van der Waals surface area contributed by atoms with E-state index in [9.17, 15) is 19.8 Å². The van der Waals surface area contributed by atoms with Gasteiger partial charge in [-0.2, -0.15) is 0 Å². The summed E-state index contributed by atoms with van der Waals surface area (Å²) in [7, 11) is 0. The summed E-state index contributed by atoms with van der Waals surface area (Å²) in [6.07, 6.45) is 2.99. The van der Waals surface area contributed by atoms with Crippen molar-refractivity contribution in [3.63, 3.8) is 0 Å². The first-order chi connectivity index (χ1) is 16.2. The molecule has 2 fully saturated rings. The van der Waals surface area contributed by atoms with Gasteiger partial charge in [-0.25, -0.2) is 4.98 Å². The number of ether oxygens (including phenoxy) is 1. The van der Waals surface area contributed by atoms with Crippen LogP contribution in [0.15, 0.2) is 11.0 Å². The molecule has 8 heteroatoms. The van der Waals surface area contributed by atoms with Gasteiger partial charge in [-0.15, -0.1) is 11.3 Å². The van der Waals surface area contributed by atoms with Crippen molar-refractivity contribution in [3.05, 3.63) is 21.7 Å². The van der Waals surface area contributed by atoms with Crippen LogP contribution in [-0.2, 0) is 14.3 Å². The molecule has 1 amide bonds. The third-order valence-electron chi connectivity index (χ3n) is 8.07. The number of Topliss-reactive ketones (excluding diaryl/α,β-unsaturated/α-hetero) is 1. The number of rotatable bonds is 2. The SMILES string of the molecule is C.C/C(=C\c1csc(C)n1)C1CC2O[C@]2(C)CCC[C@H](C)[C@H](O)[C@@H](C)C(=O)C(C)(C)[C@@H](O)CC(=O)N1. The number of aromatic nitrogens is 1. The zero-order chi connectivity index (χ0) is 26.1. The monoisotopic (exact) mass is 522 g/mol. The lowest BCUT2D eigenvalue weighted by molar-refractivity contribution is -0.143. The normalized spacial score (nSPS) is 36.4. The summed E-state index contributed by atoms with van der Waals surface area (Å²) < 4.78 is 6.10. The number of epoxide rings is 1. The number of aliphatic hydroxyl groups is 2. The number of hydrogen-bond donors (Lipinski definition) is 3. The van der Waals surface area contributed by atoms with E-state index in [4.69, 9.17) is 4.74 Å². The maximum atomic E-state index is 13.2. The van der Waals surface area contributed by atoms with Gasteiger partial charge in [0, 0.05) is 17.7 Å². The molecule has 2 aliphatic rings. The van der Waals surface area contributed by atoms with E-state index >= 15 is 0 Å². The predicted molar refractivity (Wildman–Crippen MR) is 145 cm³/mol. The number of amides is 1. The van der Waals surface area contributed by atoms with Gasteiger partial charge in [0.25, 0.3) is 0 Å². The molecule has 2 unspecified atom stereocenters. The highest BCUT2D eigenvalue weighted by molar-refractivity contribution is 7.09. The Balaban J connectivity index is 0.00000456. The molecule has 0 spiro atoms. The molecule has 204 valence electrons. The fourth-order valence-corrected chi connectivity index (χ4v) is 5.76. The Bertz CT molecular complexity index is 957. The Kier molecular flexibility index (Phi) is 10.1. The topological polar surface area (TPSA) is 112 Å². The minimum Gasteiger partial charge on any atom is -0.392 e. The van der Waals surface area contributed by atoms with Crippen molar-refractivity contribution in [1.82, 2.24) is 10.3 Å². The molecule has 0 aliphatic carbocycles. The highest BCUT2D eigenvalue weighted by Gasteiger charge is 2.52. The van der Waals surface area contributed by atoms with Crippen LogP contribution < -0.4 is 5.32 Å². The minimum atomic E-state index is -1.17. The molecule has 1 aromatic rings. The van der Waals surface area contributed by atoms with Crippen LogP contribution in [0.1, 0.15) is 91.8 Å². The van der Waals surface area contributed by atoms with Crippen LogP contribution in [0.2, 0.25) is 0 Å². The Morgan fingerprint density at radius 2 is 1.92 bits per heavy atom. The number of aryl methyl sites for hydroxylation is 1. The lowest BCUT2D eigenvalue weighted by atomic mass is 9.72. The summed E-state index contributed by atoms with van der Waals surface area (Å²) in [4.78, 5) is 30.8. The van der Waals surface area contributed by atoms with Crippen molar-refractivity contribution >= 4 is 29.1 Å². The van der Waals surface area contributed by atoms with Gasteiger partial charge < -0.3 is 20.3 Å². The van der Waals surface area contributed by atoms with Gasteiger partial charge in [0.05, 0.1) is 52.5 Å². The summed E-state index contributed by atoms with van der Waals surface area (Å²) in [6.45, 7) is 13.0. The third kappa shape index (κ3) is 7.03. The number of hydrogen-bond acceptors (Lipinski definition) is 7. The highest BCUT2D eigenvalue weighted by Crippen LogP contribution is 2.44. The fourth-order valence-electron chi connectivity index (χ4n) is 5.19. The summed E-state index contributed by atoms with van der Waals surface area (Å²) in [6, 6.07) is -0.269. The molecule has 7 nitrogen and oxygen atoms in total. The van der Waals surface area contributed by atoms with Crippen molar-refractivity contribution in [1.29, 1.82) is 0 Å². The molecule has 3 heterocycles. The number of thiazole rings is 1. The van der Waals surface area contributed by atoms with Gasteiger partial charge in [-0.05, 0) is 51.2 Å². The second kappa shape index (κ2) is 11.8. The quantitative estimate of drug-likeness (QED) is 0.486. The predicted octanol–water partition coefficient (Wildman–Crippen LogP) is 4.69. The molecule has 0 saturated carbocycles. The van der Waals surface area contributed by atoms with E-state index in [-0.39, 0.29) is 49.2 Å². The summed E-state index contributed by atoms with van der Waals surface area (Å²) in [5.74, 6) is -1.24. The molecule has 36 heavy (non-hydrogen) atoms. The summed E-state index contributed by atoms with van der Waals surface area (Å²) >= 11 is 1.58. The molecule has 1 aromatic heterocycles. The summed E-state index contributed by atoms with van der Waals surface area (Å²) in [5, 5.41) is 27.8. The van der Waals surface area contributed by atoms with E-state index < -0.39 is 23.5 Å². The molecule has 7 atom stereocenters. The van der Waals surface area contributed by atoms with Crippen LogP contribution >= 0.6 is 11.3 Å². The third-order valence-corrected chi connectivity index (χ3v) is 8.86. The maximum absolute atomic E-state index is 13.2. The van der Waals surface area contributed by atoms with Crippen LogP contribution in [0.4, 0.5) is 0 Å². The van der Waals surface area contributed by atoms with Crippen LogP contribution in [-0.4, -0.2) is 56.8 Å². The molecule has 2 aliphatic heterocycles. The number of nitrogens with zero attached hydrogens (tertiary/aromatic N) is 1. The van der Waals surface area contributed by atoms with Gasteiger partial charge in [0.1, 0.15) is 5.78 Å². The number of carbonyl (C=O) groups excluding carboxylic acids is 2. The van der Waals surface area contributed by atoms with Gasteiger partial charge in [0.15, 0.2) is 0 Å². The first-order valence-corrected chi connectivity index (χ1v) is 13.6. The standard InChI is InChI=1S/C27H42N2O5S.CH4/c1-15-9-8-10-27(7)22(34-27)12-20(16(2)11-19-14-35-18(4)28-19)29-23(31)13-21(30)26(5,6)25(33)17(3)24(15)32;/h11,14-15,17,20-22,24,30,32H,8-10,12-13H2,1-7H3,(H,29,31);1H4/b16-11+;/t15-,17+,20?,21-,22?,24-,27+;/m0./s1. The molecule has 2 saturated heterocycles. The maximum Gasteiger partial charge on any atom is 0.223 e. The Morgan fingerprint density at radius 3 is 2.53 bits per heavy atom. The van der Waals surface area contributed by atoms with E-state index in [1.807, 2.05) is 32.2 Å². The van der Waals surface area contributed by atoms with E-state index in [1.54, 1.807) is 32.1 Å². The van der Waals surface area contributed by atoms with Crippen molar-refractivity contribution in [2.75, 3.05) is 0 Å². The first kappa shape index (κ1) is 30.6. The second-order valence-electron chi connectivity index (χ2n) is 11.4. The molecule has 3 rings (SSSR count). The van der Waals surface area contributed by atoms with E-state index in [0.29, 0.717) is 6.42 Å². The molecule has 0 aromatic carbocycles. The zero-order valence-electron chi connectivity index (χ0n) is 22.1.